The average Bonchev–Trinajstić information content (AvgIpc) is 2.37. The first-order valence-electron chi connectivity index (χ1n) is 7.20. The lowest BCUT2D eigenvalue weighted by molar-refractivity contribution is -0.135. The Morgan fingerprint density at radius 2 is 1.90 bits per heavy atom. The summed E-state index contributed by atoms with van der Waals surface area (Å²) in [5, 5.41) is 0. The number of nitrogens with two attached hydrogens (primary N) is 1. The summed E-state index contributed by atoms with van der Waals surface area (Å²) in [6.07, 6.45) is 3.78. The standard InChI is InChI=1S/C16H24N2O.ClH/c1-12(17)16(19)18(11-14-7-6-8-14)13(2)15-9-4-3-5-10-15;/h3-5,9-10,12-14H,6-8,11,17H2,1-2H3;1H/t12-,13?;/m0./s1. The van der Waals surface area contributed by atoms with Gasteiger partial charge in [0.25, 0.3) is 0 Å². The van der Waals surface area contributed by atoms with Gasteiger partial charge in [0.1, 0.15) is 0 Å². The highest BCUT2D eigenvalue weighted by Crippen LogP contribution is 2.30. The molecular weight excluding hydrogens is 272 g/mol. The van der Waals surface area contributed by atoms with Crippen molar-refractivity contribution in [1.29, 1.82) is 0 Å². The maximum Gasteiger partial charge on any atom is 0.239 e. The molecule has 0 spiro atoms. The van der Waals surface area contributed by atoms with E-state index in [9.17, 15) is 4.79 Å². The third kappa shape index (κ3) is 3.97. The zero-order valence-electron chi connectivity index (χ0n) is 12.3. The monoisotopic (exact) mass is 296 g/mol. The van der Waals surface area contributed by atoms with E-state index in [1.54, 1.807) is 6.92 Å². The van der Waals surface area contributed by atoms with Gasteiger partial charge < -0.3 is 10.6 Å². The maximum atomic E-state index is 12.3. The molecule has 1 saturated carbocycles. The Balaban J connectivity index is 0.00000200. The van der Waals surface area contributed by atoms with Crippen LogP contribution in [-0.2, 0) is 4.79 Å². The first kappa shape index (κ1) is 17.0. The Kier molecular flexibility index (Phi) is 6.50. The fourth-order valence-corrected chi connectivity index (χ4v) is 2.57. The number of rotatable bonds is 5. The van der Waals surface area contributed by atoms with Crippen LogP contribution in [-0.4, -0.2) is 23.4 Å². The smallest absolute Gasteiger partial charge is 0.239 e. The molecule has 0 saturated heterocycles. The number of benzene rings is 1. The van der Waals surface area contributed by atoms with Crippen LogP contribution in [0.5, 0.6) is 0 Å². The number of nitrogens with zero attached hydrogens (tertiary/aromatic N) is 1. The minimum absolute atomic E-state index is 0. The molecule has 4 heteroatoms. The van der Waals surface area contributed by atoms with Crippen molar-refractivity contribution in [2.75, 3.05) is 6.54 Å². The molecule has 1 aliphatic carbocycles. The van der Waals surface area contributed by atoms with Gasteiger partial charge in [-0.3, -0.25) is 4.79 Å². The molecule has 0 heterocycles. The van der Waals surface area contributed by atoms with Crippen molar-refractivity contribution in [3.63, 3.8) is 0 Å². The summed E-state index contributed by atoms with van der Waals surface area (Å²) < 4.78 is 0. The van der Waals surface area contributed by atoms with Crippen molar-refractivity contribution in [3.8, 4) is 0 Å². The van der Waals surface area contributed by atoms with Gasteiger partial charge in [0.2, 0.25) is 5.91 Å². The predicted octanol–water partition coefficient (Wildman–Crippen LogP) is 3.15. The second kappa shape index (κ2) is 7.65. The number of halogens is 1. The zero-order valence-corrected chi connectivity index (χ0v) is 13.1. The van der Waals surface area contributed by atoms with Crippen molar-refractivity contribution >= 4 is 18.3 Å². The van der Waals surface area contributed by atoms with E-state index in [0.29, 0.717) is 5.92 Å². The molecule has 1 unspecified atom stereocenters. The molecular formula is C16H25ClN2O. The van der Waals surface area contributed by atoms with E-state index < -0.39 is 6.04 Å². The molecule has 1 fully saturated rings. The van der Waals surface area contributed by atoms with Crippen LogP contribution in [0.15, 0.2) is 30.3 Å². The van der Waals surface area contributed by atoms with Gasteiger partial charge in [-0.1, -0.05) is 36.8 Å². The van der Waals surface area contributed by atoms with Crippen LogP contribution in [0.1, 0.15) is 44.7 Å². The largest absolute Gasteiger partial charge is 0.334 e. The van der Waals surface area contributed by atoms with Crippen LogP contribution in [0, 0.1) is 5.92 Å². The SMILES string of the molecule is CC(c1ccccc1)N(CC1CCC1)C(=O)[C@H](C)N.Cl. The lowest BCUT2D eigenvalue weighted by atomic mass is 9.84. The van der Waals surface area contributed by atoms with Gasteiger partial charge in [0.15, 0.2) is 0 Å². The molecule has 0 radical (unpaired) electrons. The van der Waals surface area contributed by atoms with Crippen LogP contribution in [0.25, 0.3) is 0 Å². The van der Waals surface area contributed by atoms with Crippen LogP contribution >= 0.6 is 12.4 Å². The fourth-order valence-electron chi connectivity index (χ4n) is 2.57. The summed E-state index contributed by atoms with van der Waals surface area (Å²) in [7, 11) is 0. The second-order valence-corrected chi connectivity index (χ2v) is 5.66. The molecule has 112 valence electrons. The predicted molar refractivity (Wildman–Crippen MR) is 84.8 cm³/mol. The topological polar surface area (TPSA) is 46.3 Å². The first-order valence-corrected chi connectivity index (χ1v) is 7.20. The fraction of sp³-hybridized carbons (Fsp3) is 0.562. The van der Waals surface area contributed by atoms with E-state index in [-0.39, 0.29) is 24.4 Å². The summed E-state index contributed by atoms with van der Waals surface area (Å²) in [6, 6.07) is 9.86. The van der Waals surface area contributed by atoms with Gasteiger partial charge in [-0.2, -0.15) is 0 Å². The number of hydrogen-bond donors (Lipinski definition) is 1. The highest BCUT2D eigenvalue weighted by atomic mass is 35.5. The molecule has 2 N–H and O–H groups in total. The molecule has 0 bridgehead atoms. The van der Waals surface area contributed by atoms with Crippen LogP contribution < -0.4 is 5.73 Å². The van der Waals surface area contributed by atoms with E-state index in [2.05, 4.69) is 19.1 Å². The van der Waals surface area contributed by atoms with Gasteiger partial charge >= 0.3 is 0 Å². The van der Waals surface area contributed by atoms with Crippen molar-refractivity contribution in [1.82, 2.24) is 4.90 Å². The normalized spacial score (nSPS) is 17.6. The Labute approximate surface area is 127 Å². The average molecular weight is 297 g/mol. The van der Waals surface area contributed by atoms with Crippen molar-refractivity contribution in [2.24, 2.45) is 11.7 Å². The molecule has 1 aliphatic rings. The molecule has 1 amide bonds. The first-order chi connectivity index (χ1) is 9.09. The third-order valence-corrected chi connectivity index (χ3v) is 4.10. The maximum absolute atomic E-state index is 12.3. The van der Waals surface area contributed by atoms with Gasteiger partial charge in [-0.15, -0.1) is 12.4 Å². The number of hydrogen-bond acceptors (Lipinski definition) is 2. The summed E-state index contributed by atoms with van der Waals surface area (Å²) in [6.45, 7) is 4.71. The van der Waals surface area contributed by atoms with Gasteiger partial charge in [0.05, 0.1) is 12.1 Å². The van der Waals surface area contributed by atoms with Crippen molar-refractivity contribution in [2.45, 2.75) is 45.2 Å². The minimum atomic E-state index is -0.425. The van der Waals surface area contributed by atoms with Crippen LogP contribution in [0.4, 0.5) is 0 Å². The highest BCUT2D eigenvalue weighted by Gasteiger charge is 2.28. The Morgan fingerprint density at radius 3 is 2.35 bits per heavy atom. The summed E-state index contributed by atoms with van der Waals surface area (Å²) >= 11 is 0. The van der Waals surface area contributed by atoms with Crippen LogP contribution in [0.3, 0.4) is 0 Å². The number of carbonyl (C=O) groups is 1. The summed E-state index contributed by atoms with van der Waals surface area (Å²) in [5.41, 5.74) is 6.97. The summed E-state index contributed by atoms with van der Waals surface area (Å²) in [5.74, 6) is 0.720. The van der Waals surface area contributed by atoms with Gasteiger partial charge in [0, 0.05) is 6.54 Å². The third-order valence-electron chi connectivity index (χ3n) is 4.10. The Morgan fingerprint density at radius 1 is 1.30 bits per heavy atom. The lowest BCUT2D eigenvalue weighted by Gasteiger charge is -2.37. The molecule has 2 atom stereocenters. The van der Waals surface area contributed by atoms with Crippen LogP contribution in [0.2, 0.25) is 0 Å². The zero-order chi connectivity index (χ0) is 13.8. The molecule has 20 heavy (non-hydrogen) atoms. The minimum Gasteiger partial charge on any atom is -0.334 e. The molecule has 0 aliphatic heterocycles. The quantitative estimate of drug-likeness (QED) is 0.907. The molecule has 3 nitrogen and oxygen atoms in total. The molecule has 0 aromatic heterocycles. The highest BCUT2D eigenvalue weighted by molar-refractivity contribution is 5.85. The van der Waals surface area contributed by atoms with E-state index in [0.717, 1.165) is 6.54 Å². The van der Waals surface area contributed by atoms with E-state index in [1.165, 1.54) is 24.8 Å². The Hall–Kier alpha value is -1.06. The van der Waals surface area contributed by atoms with Crippen molar-refractivity contribution in [3.05, 3.63) is 35.9 Å². The van der Waals surface area contributed by atoms with E-state index in [4.69, 9.17) is 5.73 Å². The summed E-state index contributed by atoms with van der Waals surface area (Å²) in [4.78, 5) is 14.3. The Bertz CT molecular complexity index is 418. The molecule has 1 aromatic carbocycles. The second-order valence-electron chi connectivity index (χ2n) is 5.66. The van der Waals surface area contributed by atoms with E-state index >= 15 is 0 Å². The molecule has 2 rings (SSSR count). The van der Waals surface area contributed by atoms with E-state index in [1.807, 2.05) is 23.1 Å². The molecule has 1 aromatic rings. The van der Waals surface area contributed by atoms with Gasteiger partial charge in [-0.05, 0) is 38.2 Å². The number of carbonyl (C=O) groups excluding carboxylic acids is 1. The number of amides is 1. The van der Waals surface area contributed by atoms with Gasteiger partial charge in [-0.25, -0.2) is 0 Å². The van der Waals surface area contributed by atoms with Crippen molar-refractivity contribution < 1.29 is 4.79 Å². The lowest BCUT2D eigenvalue weighted by Crippen LogP contribution is -2.46.